The number of amides is 1. The van der Waals surface area contributed by atoms with Gasteiger partial charge in [0.2, 0.25) is 11.7 Å². The number of benzene rings is 2. The number of aromatic nitrogens is 2. The fourth-order valence-electron chi connectivity index (χ4n) is 2.12. The van der Waals surface area contributed by atoms with Gasteiger partial charge < -0.3 is 15.0 Å². The normalized spacial score (nSPS) is 10.5. The summed E-state index contributed by atoms with van der Waals surface area (Å²) in [5.41, 5.74) is 6.56. The number of hydrogen-bond acceptors (Lipinski definition) is 5. The molecule has 0 spiro atoms. The summed E-state index contributed by atoms with van der Waals surface area (Å²) in [7, 11) is 0. The molecule has 1 aromatic heterocycles. The molecule has 6 nitrogen and oxygen atoms in total. The van der Waals surface area contributed by atoms with Gasteiger partial charge in [-0.3, -0.25) is 4.79 Å². The Bertz CT molecular complexity index is 846. The molecule has 0 atom stereocenters. The second-order valence-corrected chi connectivity index (χ2v) is 5.10. The molecule has 122 valence electrons. The lowest BCUT2D eigenvalue weighted by atomic mass is 10.1. The van der Waals surface area contributed by atoms with Crippen LogP contribution in [0.1, 0.15) is 11.4 Å². The van der Waals surface area contributed by atoms with Crippen molar-refractivity contribution in [3.63, 3.8) is 0 Å². The average Bonchev–Trinajstić information content (AvgIpc) is 3.02. The molecule has 7 heteroatoms. The highest BCUT2D eigenvalue weighted by molar-refractivity contribution is 5.76. The summed E-state index contributed by atoms with van der Waals surface area (Å²) >= 11 is 0. The van der Waals surface area contributed by atoms with E-state index < -0.39 is 5.91 Å². The lowest BCUT2D eigenvalue weighted by molar-refractivity contribution is -0.117. The zero-order chi connectivity index (χ0) is 16.9. The number of primary amides is 1. The molecule has 2 aromatic carbocycles. The Labute approximate surface area is 137 Å². The second-order valence-electron chi connectivity index (χ2n) is 5.10. The molecule has 0 saturated heterocycles. The molecule has 1 amide bonds. The Morgan fingerprint density at radius 2 is 2.00 bits per heavy atom. The van der Waals surface area contributed by atoms with Crippen molar-refractivity contribution in [2.45, 2.75) is 13.0 Å². The quantitative estimate of drug-likeness (QED) is 0.751. The van der Waals surface area contributed by atoms with E-state index in [1.807, 2.05) is 0 Å². The van der Waals surface area contributed by atoms with Gasteiger partial charge in [0.1, 0.15) is 11.6 Å². The van der Waals surface area contributed by atoms with Crippen LogP contribution in [0.25, 0.3) is 11.5 Å². The van der Waals surface area contributed by atoms with Gasteiger partial charge in [0.15, 0.2) is 6.61 Å². The van der Waals surface area contributed by atoms with Gasteiger partial charge in [0.05, 0.1) is 6.42 Å². The first-order valence-corrected chi connectivity index (χ1v) is 7.19. The van der Waals surface area contributed by atoms with Crippen molar-refractivity contribution in [1.29, 1.82) is 0 Å². The van der Waals surface area contributed by atoms with Gasteiger partial charge in [-0.2, -0.15) is 4.98 Å². The minimum absolute atomic E-state index is 0.102. The summed E-state index contributed by atoms with van der Waals surface area (Å²) in [5, 5.41) is 3.82. The number of carbonyl (C=O) groups excluding carboxylic acids is 1. The molecule has 0 saturated carbocycles. The van der Waals surface area contributed by atoms with Gasteiger partial charge >= 0.3 is 0 Å². The number of nitrogens with zero attached hydrogens (tertiary/aromatic N) is 2. The minimum Gasteiger partial charge on any atom is -0.485 e. The molecule has 1 heterocycles. The van der Waals surface area contributed by atoms with Gasteiger partial charge in [-0.05, 0) is 42.0 Å². The molecule has 0 radical (unpaired) electrons. The monoisotopic (exact) mass is 327 g/mol. The first kappa shape index (κ1) is 15.7. The van der Waals surface area contributed by atoms with Crippen molar-refractivity contribution in [2.75, 3.05) is 0 Å². The summed E-state index contributed by atoms with van der Waals surface area (Å²) < 4.78 is 23.6. The smallest absolute Gasteiger partial charge is 0.258 e. The number of nitrogens with two attached hydrogens (primary N) is 1. The molecular formula is C17H14FN3O3. The van der Waals surface area contributed by atoms with E-state index >= 15 is 0 Å². The maximum Gasteiger partial charge on any atom is 0.258 e. The Morgan fingerprint density at radius 3 is 2.75 bits per heavy atom. The van der Waals surface area contributed by atoms with Gasteiger partial charge in [-0.15, -0.1) is 0 Å². The van der Waals surface area contributed by atoms with Gasteiger partial charge in [-0.25, -0.2) is 4.39 Å². The zero-order valence-electron chi connectivity index (χ0n) is 12.6. The van der Waals surface area contributed by atoms with Crippen LogP contribution in [0.15, 0.2) is 53.1 Å². The molecule has 0 aliphatic rings. The highest BCUT2D eigenvalue weighted by atomic mass is 19.1. The highest BCUT2D eigenvalue weighted by Crippen LogP contribution is 2.19. The summed E-state index contributed by atoms with van der Waals surface area (Å²) in [6.45, 7) is 0.102. The van der Waals surface area contributed by atoms with E-state index in [9.17, 15) is 9.18 Å². The topological polar surface area (TPSA) is 91.2 Å². The molecule has 3 rings (SSSR count). The van der Waals surface area contributed by atoms with Crippen molar-refractivity contribution in [3.05, 3.63) is 65.7 Å². The Kier molecular flexibility index (Phi) is 4.51. The summed E-state index contributed by atoms with van der Waals surface area (Å²) in [6, 6.07) is 12.8. The van der Waals surface area contributed by atoms with Crippen LogP contribution in [0.5, 0.6) is 5.75 Å². The van der Waals surface area contributed by atoms with Crippen LogP contribution in [0, 0.1) is 5.82 Å². The van der Waals surface area contributed by atoms with Crippen LogP contribution in [0.3, 0.4) is 0 Å². The first-order valence-electron chi connectivity index (χ1n) is 7.19. The molecule has 2 N–H and O–H groups in total. The summed E-state index contributed by atoms with van der Waals surface area (Å²) in [4.78, 5) is 15.1. The second kappa shape index (κ2) is 6.91. The van der Waals surface area contributed by atoms with E-state index in [0.717, 1.165) is 5.56 Å². The van der Waals surface area contributed by atoms with E-state index in [-0.39, 0.29) is 24.7 Å². The Hall–Kier alpha value is -3.22. The summed E-state index contributed by atoms with van der Waals surface area (Å²) in [5.74, 6) is 0.472. The maximum atomic E-state index is 12.9. The van der Waals surface area contributed by atoms with E-state index in [1.165, 1.54) is 12.1 Å². The van der Waals surface area contributed by atoms with Crippen molar-refractivity contribution in [1.82, 2.24) is 10.1 Å². The van der Waals surface area contributed by atoms with Crippen LogP contribution >= 0.6 is 0 Å². The van der Waals surface area contributed by atoms with E-state index in [1.54, 1.807) is 36.4 Å². The van der Waals surface area contributed by atoms with Crippen LogP contribution in [-0.2, 0) is 17.8 Å². The lowest BCUT2D eigenvalue weighted by Gasteiger charge is -2.05. The fourth-order valence-corrected chi connectivity index (χ4v) is 2.12. The van der Waals surface area contributed by atoms with Gasteiger partial charge in [0.25, 0.3) is 5.89 Å². The highest BCUT2D eigenvalue weighted by Gasteiger charge is 2.10. The van der Waals surface area contributed by atoms with Crippen molar-refractivity contribution in [3.8, 4) is 17.2 Å². The predicted octanol–water partition coefficient (Wildman–Crippen LogP) is 2.48. The summed E-state index contributed by atoms with van der Waals surface area (Å²) in [6.07, 6.45) is 0.147. The molecule has 0 aliphatic heterocycles. The largest absolute Gasteiger partial charge is 0.485 e. The van der Waals surface area contributed by atoms with Crippen molar-refractivity contribution < 1.29 is 18.4 Å². The van der Waals surface area contributed by atoms with Crippen LogP contribution in [0.2, 0.25) is 0 Å². The molecule has 3 aromatic rings. The van der Waals surface area contributed by atoms with E-state index in [2.05, 4.69) is 10.1 Å². The van der Waals surface area contributed by atoms with Crippen molar-refractivity contribution >= 4 is 5.91 Å². The van der Waals surface area contributed by atoms with Crippen molar-refractivity contribution in [2.24, 2.45) is 5.73 Å². The first-order chi connectivity index (χ1) is 11.6. The van der Waals surface area contributed by atoms with Crippen LogP contribution in [-0.4, -0.2) is 16.0 Å². The zero-order valence-corrected chi connectivity index (χ0v) is 12.6. The van der Waals surface area contributed by atoms with Gasteiger partial charge in [-0.1, -0.05) is 17.3 Å². The van der Waals surface area contributed by atoms with Crippen LogP contribution in [0.4, 0.5) is 4.39 Å². The molecule has 0 aliphatic carbocycles. The molecule has 24 heavy (non-hydrogen) atoms. The number of rotatable bonds is 6. The standard InChI is InChI=1S/C17H14FN3O3/c18-13-6-4-12(5-7-13)17-20-16(21-24-17)10-23-14-3-1-2-11(8-14)9-15(19)22/h1-8H,9-10H2,(H2,19,22). The average molecular weight is 327 g/mol. The SMILES string of the molecule is NC(=O)Cc1cccc(OCc2noc(-c3ccc(F)cc3)n2)c1. The fraction of sp³-hybridized carbons (Fsp3) is 0.118. The third-order valence-corrected chi connectivity index (χ3v) is 3.20. The maximum absolute atomic E-state index is 12.9. The van der Waals surface area contributed by atoms with E-state index in [0.29, 0.717) is 17.1 Å². The number of halogens is 1. The number of carbonyl (C=O) groups is 1. The minimum atomic E-state index is -0.408. The molecule has 0 unspecified atom stereocenters. The number of ether oxygens (including phenoxy) is 1. The van der Waals surface area contributed by atoms with Gasteiger partial charge in [0, 0.05) is 5.56 Å². The predicted molar refractivity (Wildman–Crippen MR) is 83.4 cm³/mol. The van der Waals surface area contributed by atoms with Crippen LogP contribution < -0.4 is 10.5 Å². The lowest BCUT2D eigenvalue weighted by Crippen LogP contribution is -2.13. The Morgan fingerprint density at radius 1 is 1.21 bits per heavy atom. The Balaban J connectivity index is 1.65. The molecule has 0 fully saturated rings. The third-order valence-electron chi connectivity index (χ3n) is 3.20. The molecular weight excluding hydrogens is 313 g/mol. The number of hydrogen-bond donors (Lipinski definition) is 1. The van der Waals surface area contributed by atoms with E-state index in [4.69, 9.17) is 15.0 Å². The molecule has 0 bridgehead atoms. The third kappa shape index (κ3) is 3.95.